The van der Waals surface area contributed by atoms with Crippen molar-refractivity contribution < 1.29 is 24.2 Å². The number of fused-ring (bicyclic) bond motifs is 1. The largest absolute Gasteiger partial charge is 0.504 e. The van der Waals surface area contributed by atoms with Crippen LogP contribution in [0.25, 0.3) is 16.8 Å². The number of rotatable bonds is 4. The molecule has 1 saturated heterocycles. The summed E-state index contributed by atoms with van der Waals surface area (Å²) in [4.78, 5) is 43.2. The van der Waals surface area contributed by atoms with E-state index in [4.69, 9.17) is 4.74 Å². The van der Waals surface area contributed by atoms with Crippen LogP contribution in [0.2, 0.25) is 0 Å². The second-order valence-corrected chi connectivity index (χ2v) is 8.39. The smallest absolute Gasteiger partial charge is 0.343 e. The minimum Gasteiger partial charge on any atom is -0.504 e. The second-order valence-electron chi connectivity index (χ2n) is 8.39. The Morgan fingerprint density at radius 2 is 1.50 bits per heavy atom. The number of amides is 4. The number of benzene rings is 4. The van der Waals surface area contributed by atoms with E-state index in [1.54, 1.807) is 42.5 Å². The van der Waals surface area contributed by atoms with E-state index < -0.39 is 17.8 Å². The predicted octanol–water partition coefficient (Wildman–Crippen LogP) is 5.45. The number of hydrogen-bond donors (Lipinski definition) is 1. The molecular formula is C29H22N2O5. The van der Waals surface area contributed by atoms with Crippen LogP contribution in [0.15, 0.2) is 90.5 Å². The molecule has 0 atom stereocenters. The molecule has 4 aromatic carbocycles. The van der Waals surface area contributed by atoms with E-state index in [9.17, 15) is 19.5 Å². The van der Waals surface area contributed by atoms with Crippen molar-refractivity contribution in [3.8, 4) is 11.5 Å². The summed E-state index contributed by atoms with van der Waals surface area (Å²) in [5, 5.41) is 11.5. The molecule has 1 fully saturated rings. The van der Waals surface area contributed by atoms with E-state index in [0.29, 0.717) is 22.3 Å². The summed E-state index contributed by atoms with van der Waals surface area (Å²) in [6, 6.07) is 23.4. The van der Waals surface area contributed by atoms with Crippen molar-refractivity contribution in [2.75, 3.05) is 16.9 Å². The number of anilines is 2. The number of imide groups is 2. The average Bonchev–Trinajstić information content (AvgIpc) is 2.89. The number of carbonyl (C=O) groups excluding carboxylic acids is 3. The van der Waals surface area contributed by atoms with Gasteiger partial charge in [0.25, 0.3) is 11.8 Å². The van der Waals surface area contributed by atoms with Crippen LogP contribution in [0.1, 0.15) is 11.1 Å². The normalized spacial score (nSPS) is 15.2. The summed E-state index contributed by atoms with van der Waals surface area (Å²) in [5.74, 6) is -1.36. The van der Waals surface area contributed by atoms with E-state index in [1.807, 2.05) is 37.3 Å². The highest BCUT2D eigenvalue weighted by atomic mass is 16.5. The molecule has 1 heterocycles. The van der Waals surface area contributed by atoms with Gasteiger partial charge in [-0.05, 0) is 54.3 Å². The van der Waals surface area contributed by atoms with Crippen molar-refractivity contribution >= 4 is 46.1 Å². The minimum absolute atomic E-state index is 0.0743. The number of phenols is 1. The van der Waals surface area contributed by atoms with Gasteiger partial charge in [0, 0.05) is 5.39 Å². The molecule has 1 aliphatic heterocycles. The third-order valence-corrected chi connectivity index (χ3v) is 6.06. The molecule has 0 radical (unpaired) electrons. The summed E-state index contributed by atoms with van der Waals surface area (Å²) in [6.45, 7) is 1.90. The Morgan fingerprint density at radius 3 is 2.25 bits per heavy atom. The minimum atomic E-state index is -0.759. The first-order valence-corrected chi connectivity index (χ1v) is 11.2. The first-order valence-electron chi connectivity index (χ1n) is 11.2. The van der Waals surface area contributed by atoms with Crippen molar-refractivity contribution in [3.63, 3.8) is 0 Å². The van der Waals surface area contributed by atoms with Gasteiger partial charge >= 0.3 is 6.03 Å². The van der Waals surface area contributed by atoms with Crippen LogP contribution in [0.5, 0.6) is 11.5 Å². The number of urea groups is 1. The molecular weight excluding hydrogens is 456 g/mol. The summed E-state index contributed by atoms with van der Waals surface area (Å²) >= 11 is 0. The fraction of sp³-hybridized carbons (Fsp3) is 0.0690. The molecule has 7 nitrogen and oxygen atoms in total. The second kappa shape index (κ2) is 9.03. The van der Waals surface area contributed by atoms with E-state index in [-0.39, 0.29) is 17.1 Å². The van der Waals surface area contributed by atoms with Gasteiger partial charge in [-0.25, -0.2) is 14.6 Å². The summed E-state index contributed by atoms with van der Waals surface area (Å²) < 4.78 is 5.16. The Hall–Kier alpha value is -4.91. The molecule has 0 spiro atoms. The van der Waals surface area contributed by atoms with Crippen molar-refractivity contribution in [2.45, 2.75) is 6.92 Å². The number of ether oxygens (including phenoxy) is 1. The Morgan fingerprint density at radius 1 is 0.806 bits per heavy atom. The van der Waals surface area contributed by atoms with Crippen molar-refractivity contribution in [3.05, 3.63) is 102 Å². The fourth-order valence-electron chi connectivity index (χ4n) is 4.22. The van der Waals surface area contributed by atoms with Crippen molar-refractivity contribution in [2.24, 2.45) is 0 Å². The van der Waals surface area contributed by atoms with Crippen LogP contribution in [0.4, 0.5) is 16.2 Å². The van der Waals surface area contributed by atoms with Crippen LogP contribution >= 0.6 is 0 Å². The first-order chi connectivity index (χ1) is 17.4. The lowest BCUT2D eigenvalue weighted by atomic mass is 10.0. The summed E-state index contributed by atoms with van der Waals surface area (Å²) in [7, 11) is 1.41. The molecule has 1 N–H and O–H groups in total. The van der Waals surface area contributed by atoms with Crippen molar-refractivity contribution in [1.82, 2.24) is 0 Å². The van der Waals surface area contributed by atoms with Crippen LogP contribution in [0, 0.1) is 6.92 Å². The Kier molecular flexibility index (Phi) is 5.74. The third-order valence-electron chi connectivity index (χ3n) is 6.06. The maximum absolute atomic E-state index is 13.8. The monoisotopic (exact) mass is 478 g/mol. The van der Waals surface area contributed by atoms with E-state index in [1.165, 1.54) is 25.3 Å². The molecule has 4 aromatic rings. The van der Waals surface area contributed by atoms with Gasteiger partial charge in [-0.3, -0.25) is 9.59 Å². The topological polar surface area (TPSA) is 87.2 Å². The highest BCUT2D eigenvalue weighted by molar-refractivity contribution is 6.46. The number of phenolic OH excluding ortho intramolecular Hbond substituents is 1. The molecule has 0 unspecified atom stereocenters. The number of barbiturate groups is 1. The Balaban J connectivity index is 1.71. The number of methoxy groups -OCH3 is 1. The van der Waals surface area contributed by atoms with Gasteiger partial charge in [0.15, 0.2) is 11.5 Å². The quantitative estimate of drug-likeness (QED) is 0.312. The van der Waals surface area contributed by atoms with Gasteiger partial charge in [0.1, 0.15) is 5.57 Å². The lowest BCUT2D eigenvalue weighted by Gasteiger charge is -2.34. The molecule has 7 heteroatoms. The molecule has 0 aliphatic carbocycles. The van der Waals surface area contributed by atoms with Gasteiger partial charge in [-0.2, -0.15) is 0 Å². The molecule has 178 valence electrons. The van der Waals surface area contributed by atoms with E-state index in [2.05, 4.69) is 0 Å². The lowest BCUT2D eigenvalue weighted by molar-refractivity contribution is -0.121. The van der Waals surface area contributed by atoms with Crippen LogP contribution < -0.4 is 14.5 Å². The maximum atomic E-state index is 13.8. The molecule has 0 bridgehead atoms. The molecule has 0 aromatic heterocycles. The SMILES string of the molecule is COc1cc(/C=C2\C(=O)N(c3ccc(C)cc3)C(=O)N(c3cccc4ccccc34)C2=O)ccc1O. The highest BCUT2D eigenvalue weighted by Gasteiger charge is 2.44. The van der Waals surface area contributed by atoms with Gasteiger partial charge < -0.3 is 9.84 Å². The zero-order chi connectivity index (χ0) is 25.4. The lowest BCUT2D eigenvalue weighted by Crippen LogP contribution is -2.57. The Bertz CT molecular complexity index is 1550. The highest BCUT2D eigenvalue weighted by Crippen LogP contribution is 2.34. The van der Waals surface area contributed by atoms with Gasteiger partial charge in [-0.1, -0.05) is 60.2 Å². The summed E-state index contributed by atoms with van der Waals surface area (Å²) in [6.07, 6.45) is 1.40. The zero-order valence-electron chi connectivity index (χ0n) is 19.6. The summed E-state index contributed by atoms with van der Waals surface area (Å²) in [5.41, 5.74) is 1.95. The van der Waals surface area contributed by atoms with Crippen molar-refractivity contribution in [1.29, 1.82) is 0 Å². The molecule has 0 saturated carbocycles. The van der Waals surface area contributed by atoms with E-state index >= 15 is 0 Å². The average molecular weight is 479 g/mol. The first kappa shape index (κ1) is 22.9. The number of aryl methyl sites for hydroxylation is 1. The number of hydrogen-bond acceptors (Lipinski definition) is 5. The number of aromatic hydroxyl groups is 1. The van der Waals surface area contributed by atoms with Gasteiger partial charge in [0.05, 0.1) is 18.5 Å². The Labute approximate surface area is 207 Å². The maximum Gasteiger partial charge on any atom is 0.343 e. The van der Waals surface area contributed by atoms with Gasteiger partial charge in [0.2, 0.25) is 0 Å². The predicted molar refractivity (Wildman–Crippen MR) is 138 cm³/mol. The van der Waals surface area contributed by atoms with E-state index in [0.717, 1.165) is 20.7 Å². The molecule has 4 amide bonds. The molecule has 36 heavy (non-hydrogen) atoms. The number of nitrogens with zero attached hydrogens (tertiary/aromatic N) is 2. The molecule has 1 aliphatic rings. The van der Waals surface area contributed by atoms with Gasteiger partial charge in [-0.15, -0.1) is 0 Å². The van der Waals surface area contributed by atoms with Crippen LogP contribution in [-0.2, 0) is 9.59 Å². The van der Waals surface area contributed by atoms with Crippen LogP contribution in [-0.4, -0.2) is 30.1 Å². The third kappa shape index (κ3) is 3.86. The standard InChI is InChI=1S/C29H22N2O5/c1-18-10-13-21(14-11-18)30-27(33)23(16-19-12-15-25(32)26(17-19)36-2)28(34)31(29(30)35)24-9-5-7-20-6-3-4-8-22(20)24/h3-17,32H,1-2H3/b23-16+. The fourth-order valence-corrected chi connectivity index (χ4v) is 4.22. The van der Waals surface area contributed by atoms with Crippen LogP contribution in [0.3, 0.4) is 0 Å². The zero-order valence-corrected chi connectivity index (χ0v) is 19.6. The molecule has 5 rings (SSSR count). The number of carbonyl (C=O) groups is 3.